The van der Waals surface area contributed by atoms with Crippen molar-refractivity contribution in [3.8, 4) is 0 Å². The van der Waals surface area contributed by atoms with Gasteiger partial charge in [-0.05, 0) is 23.6 Å². The normalized spacial score (nSPS) is 12.2. The summed E-state index contributed by atoms with van der Waals surface area (Å²) < 4.78 is 5.16. The molecule has 0 fully saturated rings. The maximum absolute atomic E-state index is 2.45. The highest BCUT2D eigenvalue weighted by Gasteiger charge is 2.15. The van der Waals surface area contributed by atoms with E-state index in [9.17, 15) is 0 Å². The van der Waals surface area contributed by atoms with Gasteiger partial charge in [-0.2, -0.15) is 0 Å². The maximum atomic E-state index is 2.45. The number of hydrogen-bond acceptors (Lipinski definition) is 1. The van der Waals surface area contributed by atoms with Crippen LogP contribution in [0.3, 0.4) is 0 Å². The molecule has 0 bridgehead atoms. The van der Waals surface area contributed by atoms with Gasteiger partial charge in [0.05, 0.1) is 21.3 Å². The minimum atomic E-state index is 1.28. The van der Waals surface area contributed by atoms with E-state index in [1.807, 2.05) is 11.3 Å². The summed E-state index contributed by atoms with van der Waals surface area (Å²) in [4.78, 5) is 0. The highest BCUT2D eigenvalue weighted by molar-refractivity contribution is 7.25. The molecule has 0 unspecified atom stereocenters. The zero-order valence-corrected chi connectivity index (χ0v) is 13.7. The van der Waals surface area contributed by atoms with Crippen LogP contribution in [0.5, 0.6) is 0 Å². The van der Waals surface area contributed by atoms with Crippen molar-refractivity contribution >= 4 is 58.8 Å². The molecule has 0 saturated carbocycles. The summed E-state index contributed by atoms with van der Waals surface area (Å²) in [5, 5.41) is 5.31. The van der Waals surface area contributed by atoms with Gasteiger partial charge in [-0.25, -0.2) is 0 Å². The monoisotopic (exact) mass is 323 g/mol. The van der Waals surface area contributed by atoms with E-state index in [1.54, 1.807) is 0 Å². The molecule has 6 rings (SSSR count). The molecule has 0 radical (unpaired) electrons. The van der Waals surface area contributed by atoms with E-state index in [0.717, 1.165) is 0 Å². The summed E-state index contributed by atoms with van der Waals surface area (Å²) in [6.07, 6.45) is 0. The zero-order chi connectivity index (χ0) is 15.7. The standard InChI is InChI=1S/C22H13NS/c1-2-9-16-14(7-1)15-8-3-5-11-18(15)23-19(16)13-21-22(23)17-10-4-6-12-20(17)24-21/h1-13H. The van der Waals surface area contributed by atoms with E-state index in [0.29, 0.717) is 0 Å². The summed E-state index contributed by atoms with van der Waals surface area (Å²) in [6.45, 7) is 0. The predicted molar refractivity (Wildman–Crippen MR) is 105 cm³/mol. The average Bonchev–Trinajstić information content (AvgIpc) is 3.18. The van der Waals surface area contributed by atoms with Crippen molar-refractivity contribution in [1.82, 2.24) is 4.40 Å². The molecule has 0 aliphatic heterocycles. The van der Waals surface area contributed by atoms with Crippen LogP contribution in [0.1, 0.15) is 0 Å². The molecule has 3 aromatic carbocycles. The van der Waals surface area contributed by atoms with E-state index in [2.05, 4.69) is 83.3 Å². The first kappa shape index (κ1) is 12.6. The largest absolute Gasteiger partial charge is 0.307 e. The molecule has 2 heteroatoms. The van der Waals surface area contributed by atoms with Crippen molar-refractivity contribution < 1.29 is 0 Å². The Bertz CT molecular complexity index is 1370. The first-order valence-corrected chi connectivity index (χ1v) is 8.95. The summed E-state index contributed by atoms with van der Waals surface area (Å²) in [6, 6.07) is 28.5. The second kappa shape index (κ2) is 4.37. The van der Waals surface area contributed by atoms with Crippen molar-refractivity contribution in [2.45, 2.75) is 0 Å². The number of aromatic nitrogens is 1. The van der Waals surface area contributed by atoms with Gasteiger partial charge in [-0.3, -0.25) is 0 Å². The molecule has 24 heavy (non-hydrogen) atoms. The number of hydrogen-bond donors (Lipinski definition) is 0. The summed E-state index contributed by atoms with van der Waals surface area (Å²) >= 11 is 1.88. The number of benzene rings is 3. The first-order chi connectivity index (χ1) is 11.9. The highest BCUT2D eigenvalue weighted by atomic mass is 32.1. The first-order valence-electron chi connectivity index (χ1n) is 8.14. The fourth-order valence-electron chi connectivity index (χ4n) is 3.97. The van der Waals surface area contributed by atoms with Crippen molar-refractivity contribution in [3.05, 3.63) is 78.9 Å². The van der Waals surface area contributed by atoms with Gasteiger partial charge in [0.25, 0.3) is 0 Å². The van der Waals surface area contributed by atoms with Crippen molar-refractivity contribution in [1.29, 1.82) is 0 Å². The average molecular weight is 323 g/mol. The number of fused-ring (bicyclic) bond motifs is 10. The second-order valence-corrected chi connectivity index (χ2v) is 7.32. The second-order valence-electron chi connectivity index (χ2n) is 6.24. The molecule has 3 heterocycles. The summed E-state index contributed by atoms with van der Waals surface area (Å²) in [5.74, 6) is 0. The molecule has 0 amide bonds. The Morgan fingerprint density at radius 1 is 0.542 bits per heavy atom. The lowest BCUT2D eigenvalue weighted by atomic mass is 10.1. The molecular formula is C22H13NS. The lowest BCUT2D eigenvalue weighted by molar-refractivity contribution is 1.36. The number of nitrogens with zero attached hydrogens (tertiary/aromatic N) is 1. The molecule has 0 saturated heterocycles. The molecule has 0 N–H and O–H groups in total. The van der Waals surface area contributed by atoms with Crippen molar-refractivity contribution in [3.63, 3.8) is 0 Å². The van der Waals surface area contributed by atoms with Crippen molar-refractivity contribution in [2.24, 2.45) is 0 Å². The molecule has 0 atom stereocenters. The molecule has 0 spiro atoms. The van der Waals surface area contributed by atoms with Crippen molar-refractivity contribution in [2.75, 3.05) is 0 Å². The number of thiophene rings is 1. The van der Waals surface area contributed by atoms with Crippen LogP contribution >= 0.6 is 11.3 Å². The SMILES string of the molecule is c1ccc2c(c1)sc1cc3c4ccccc4c4ccccc4n3c12. The van der Waals surface area contributed by atoms with Crippen LogP contribution in [0, 0.1) is 0 Å². The highest BCUT2D eigenvalue weighted by Crippen LogP contribution is 2.40. The Hall–Kier alpha value is -2.84. The topological polar surface area (TPSA) is 4.41 Å². The van der Waals surface area contributed by atoms with Gasteiger partial charge in [-0.15, -0.1) is 11.3 Å². The van der Waals surface area contributed by atoms with Gasteiger partial charge >= 0.3 is 0 Å². The van der Waals surface area contributed by atoms with Gasteiger partial charge in [-0.1, -0.05) is 60.7 Å². The van der Waals surface area contributed by atoms with E-state index in [4.69, 9.17) is 0 Å². The molecule has 3 aromatic heterocycles. The molecule has 112 valence electrons. The van der Waals surface area contributed by atoms with Crippen LogP contribution < -0.4 is 0 Å². The number of para-hydroxylation sites is 1. The summed E-state index contributed by atoms with van der Waals surface area (Å²) in [7, 11) is 0. The molecule has 6 aromatic rings. The fourth-order valence-corrected chi connectivity index (χ4v) is 5.10. The Labute approximate surface area is 142 Å². The van der Waals surface area contributed by atoms with E-state index in [1.165, 1.54) is 47.5 Å². The lowest BCUT2D eigenvalue weighted by Crippen LogP contribution is -1.90. The lowest BCUT2D eigenvalue weighted by Gasteiger charge is -2.09. The maximum Gasteiger partial charge on any atom is 0.0721 e. The third-order valence-electron chi connectivity index (χ3n) is 4.97. The Morgan fingerprint density at radius 3 is 2.00 bits per heavy atom. The van der Waals surface area contributed by atoms with Crippen LogP contribution in [0.25, 0.3) is 47.5 Å². The van der Waals surface area contributed by atoms with Crippen LogP contribution in [-0.2, 0) is 0 Å². The third-order valence-corrected chi connectivity index (χ3v) is 6.07. The Morgan fingerprint density at radius 2 is 1.17 bits per heavy atom. The van der Waals surface area contributed by atoms with Gasteiger partial charge < -0.3 is 4.40 Å². The van der Waals surface area contributed by atoms with Gasteiger partial charge in [0, 0.05) is 20.9 Å². The fraction of sp³-hybridized carbons (Fsp3) is 0. The number of rotatable bonds is 0. The molecule has 0 aliphatic rings. The Kier molecular flexibility index (Phi) is 2.29. The van der Waals surface area contributed by atoms with Crippen LogP contribution in [0.4, 0.5) is 0 Å². The van der Waals surface area contributed by atoms with E-state index < -0.39 is 0 Å². The summed E-state index contributed by atoms with van der Waals surface area (Å²) in [5.41, 5.74) is 3.92. The molecular weight excluding hydrogens is 310 g/mol. The van der Waals surface area contributed by atoms with Gasteiger partial charge in [0.2, 0.25) is 0 Å². The van der Waals surface area contributed by atoms with Crippen LogP contribution in [0.2, 0.25) is 0 Å². The van der Waals surface area contributed by atoms with Crippen LogP contribution in [-0.4, -0.2) is 4.40 Å². The zero-order valence-electron chi connectivity index (χ0n) is 12.9. The minimum absolute atomic E-state index is 1.28. The quantitative estimate of drug-likeness (QED) is 0.277. The third kappa shape index (κ3) is 1.44. The minimum Gasteiger partial charge on any atom is -0.307 e. The van der Waals surface area contributed by atoms with Crippen LogP contribution in [0.15, 0.2) is 78.9 Å². The van der Waals surface area contributed by atoms with Gasteiger partial charge in [0.1, 0.15) is 0 Å². The van der Waals surface area contributed by atoms with E-state index >= 15 is 0 Å². The van der Waals surface area contributed by atoms with E-state index in [-0.39, 0.29) is 0 Å². The molecule has 0 aliphatic carbocycles. The molecule has 1 nitrogen and oxygen atoms in total. The number of pyridine rings is 1. The predicted octanol–water partition coefficient (Wildman–Crippen LogP) is 6.61. The van der Waals surface area contributed by atoms with Gasteiger partial charge in [0.15, 0.2) is 0 Å². The smallest absolute Gasteiger partial charge is 0.0721 e. The Balaban J connectivity index is 2.04.